The van der Waals surface area contributed by atoms with Gasteiger partial charge in [0.15, 0.2) is 0 Å². The van der Waals surface area contributed by atoms with Crippen LogP contribution in [0, 0.1) is 28.8 Å². The second-order valence-corrected chi connectivity index (χ2v) is 6.89. The average molecular weight is 396 g/mol. The van der Waals surface area contributed by atoms with Gasteiger partial charge in [0.1, 0.15) is 17.5 Å². The van der Waals surface area contributed by atoms with Gasteiger partial charge in [-0.2, -0.15) is 10.4 Å². The van der Waals surface area contributed by atoms with E-state index < -0.39 is 29.5 Å². The summed E-state index contributed by atoms with van der Waals surface area (Å²) in [6.45, 7) is 0.566. The average Bonchev–Trinajstić information content (AvgIpc) is 3.14. The van der Waals surface area contributed by atoms with Crippen LogP contribution in [-0.2, 0) is 0 Å². The first kappa shape index (κ1) is 18.7. The van der Waals surface area contributed by atoms with Gasteiger partial charge in [-0.3, -0.25) is 0 Å². The predicted octanol–water partition coefficient (Wildman–Crippen LogP) is 4.23. The number of amides is 2. The van der Waals surface area contributed by atoms with E-state index in [9.17, 15) is 18.0 Å². The smallest absolute Gasteiger partial charge is 0.315 e. The van der Waals surface area contributed by atoms with Gasteiger partial charge in [-0.05, 0) is 47.5 Å². The standard InChI is InChI=1S/C21H15F3N4O/c22-17-7-16(8-18(23)9-17)20-3-4-26-28(20)21(29)27-11-14(12-27)6-15-5-13(10-25)1-2-19(15)24/h1-2,4-9,20H,3,11-12H2/t20-/m0/s1. The minimum atomic E-state index is -0.713. The van der Waals surface area contributed by atoms with Crippen molar-refractivity contribution in [2.24, 2.45) is 5.10 Å². The molecular weight excluding hydrogens is 381 g/mol. The number of benzene rings is 2. The van der Waals surface area contributed by atoms with Gasteiger partial charge in [0.05, 0.1) is 17.7 Å². The molecule has 0 spiro atoms. The number of hydrogen-bond acceptors (Lipinski definition) is 3. The largest absolute Gasteiger partial charge is 0.341 e. The van der Waals surface area contributed by atoms with Crippen molar-refractivity contribution in [1.29, 1.82) is 5.26 Å². The van der Waals surface area contributed by atoms with Gasteiger partial charge in [0.25, 0.3) is 0 Å². The molecule has 2 heterocycles. The molecule has 2 aliphatic heterocycles. The zero-order valence-electron chi connectivity index (χ0n) is 15.1. The van der Waals surface area contributed by atoms with E-state index in [-0.39, 0.29) is 13.1 Å². The van der Waals surface area contributed by atoms with Crippen molar-refractivity contribution in [1.82, 2.24) is 9.91 Å². The third-order valence-corrected chi connectivity index (χ3v) is 4.84. The molecule has 2 aromatic rings. The first-order chi connectivity index (χ1) is 13.9. The van der Waals surface area contributed by atoms with Crippen molar-refractivity contribution in [3.8, 4) is 6.07 Å². The Morgan fingerprint density at radius 1 is 1.14 bits per heavy atom. The van der Waals surface area contributed by atoms with Crippen LogP contribution < -0.4 is 0 Å². The van der Waals surface area contributed by atoms with Crippen molar-refractivity contribution in [2.45, 2.75) is 12.5 Å². The summed E-state index contributed by atoms with van der Waals surface area (Å²) in [5, 5.41) is 14.2. The quantitative estimate of drug-likeness (QED) is 0.763. The zero-order valence-corrected chi connectivity index (χ0v) is 15.1. The van der Waals surface area contributed by atoms with Crippen molar-refractivity contribution in [3.63, 3.8) is 0 Å². The van der Waals surface area contributed by atoms with Crippen LogP contribution >= 0.6 is 0 Å². The fraction of sp³-hybridized carbons (Fsp3) is 0.190. The summed E-state index contributed by atoms with van der Waals surface area (Å²) in [6, 6.07) is 8.22. The number of likely N-dealkylation sites (tertiary alicyclic amines) is 1. The molecule has 0 bridgehead atoms. The minimum absolute atomic E-state index is 0.283. The maximum atomic E-state index is 13.9. The van der Waals surface area contributed by atoms with E-state index in [1.807, 2.05) is 6.07 Å². The Balaban J connectivity index is 1.46. The second-order valence-electron chi connectivity index (χ2n) is 6.89. The van der Waals surface area contributed by atoms with Crippen LogP contribution in [0.5, 0.6) is 0 Å². The maximum absolute atomic E-state index is 13.9. The van der Waals surface area contributed by atoms with Gasteiger partial charge in [-0.25, -0.2) is 23.0 Å². The summed E-state index contributed by atoms with van der Waals surface area (Å²) in [7, 11) is 0. The molecule has 0 unspecified atom stereocenters. The Labute approximate surface area is 165 Å². The van der Waals surface area contributed by atoms with Gasteiger partial charge in [0, 0.05) is 37.4 Å². The van der Waals surface area contributed by atoms with E-state index >= 15 is 0 Å². The minimum Gasteiger partial charge on any atom is -0.315 e. The summed E-state index contributed by atoms with van der Waals surface area (Å²) in [5.41, 5.74) is 1.80. The fourth-order valence-electron chi connectivity index (χ4n) is 3.40. The molecular formula is C21H15F3N4O. The summed E-state index contributed by atoms with van der Waals surface area (Å²) >= 11 is 0. The molecule has 2 aromatic carbocycles. The molecule has 1 atom stereocenters. The number of hydrazone groups is 1. The van der Waals surface area contributed by atoms with Crippen LogP contribution in [0.3, 0.4) is 0 Å². The summed E-state index contributed by atoms with van der Waals surface area (Å²) in [4.78, 5) is 14.3. The molecule has 0 N–H and O–H groups in total. The van der Waals surface area contributed by atoms with Crippen molar-refractivity contribution in [2.75, 3.05) is 13.1 Å². The molecule has 0 radical (unpaired) electrons. The van der Waals surface area contributed by atoms with E-state index in [0.29, 0.717) is 23.1 Å². The highest BCUT2D eigenvalue weighted by molar-refractivity contribution is 5.81. The highest BCUT2D eigenvalue weighted by Gasteiger charge is 2.35. The molecule has 29 heavy (non-hydrogen) atoms. The first-order valence-electron chi connectivity index (χ1n) is 8.90. The lowest BCUT2D eigenvalue weighted by molar-refractivity contribution is 0.136. The number of halogens is 3. The maximum Gasteiger partial charge on any atom is 0.341 e. The van der Waals surface area contributed by atoms with E-state index in [1.165, 1.54) is 46.5 Å². The Bertz CT molecular complexity index is 1060. The Morgan fingerprint density at radius 2 is 1.86 bits per heavy atom. The Hall–Kier alpha value is -3.60. The van der Waals surface area contributed by atoms with Crippen LogP contribution in [0.2, 0.25) is 0 Å². The third-order valence-electron chi connectivity index (χ3n) is 4.84. The van der Waals surface area contributed by atoms with Gasteiger partial charge in [0.2, 0.25) is 0 Å². The lowest BCUT2D eigenvalue weighted by Crippen LogP contribution is -2.49. The molecule has 146 valence electrons. The van der Waals surface area contributed by atoms with E-state index in [0.717, 1.165) is 11.6 Å². The zero-order chi connectivity index (χ0) is 20.5. The summed E-state index contributed by atoms with van der Waals surface area (Å²) in [5.74, 6) is -1.87. The highest BCUT2D eigenvalue weighted by Crippen LogP contribution is 2.32. The van der Waals surface area contributed by atoms with Crippen LogP contribution in [0.25, 0.3) is 6.08 Å². The van der Waals surface area contributed by atoms with Gasteiger partial charge in [-0.1, -0.05) is 0 Å². The number of urea groups is 1. The molecule has 5 nitrogen and oxygen atoms in total. The number of carbonyl (C=O) groups excluding carboxylic acids is 1. The van der Waals surface area contributed by atoms with Gasteiger partial charge < -0.3 is 4.90 Å². The number of rotatable bonds is 2. The van der Waals surface area contributed by atoms with E-state index in [4.69, 9.17) is 5.26 Å². The highest BCUT2D eigenvalue weighted by atomic mass is 19.1. The molecule has 4 rings (SSSR count). The Kier molecular flexibility index (Phi) is 4.80. The SMILES string of the molecule is N#Cc1ccc(F)c(C=C2CN(C(=O)N3N=CC[C@H]3c3cc(F)cc(F)c3)C2)c1. The number of nitriles is 1. The Morgan fingerprint density at radius 3 is 2.55 bits per heavy atom. The van der Waals surface area contributed by atoms with E-state index in [2.05, 4.69) is 5.10 Å². The first-order valence-corrected chi connectivity index (χ1v) is 8.90. The summed E-state index contributed by atoms with van der Waals surface area (Å²) in [6.07, 6.45) is 3.51. The molecule has 0 saturated carbocycles. The topological polar surface area (TPSA) is 59.7 Å². The molecule has 0 aliphatic carbocycles. The van der Waals surface area contributed by atoms with Crippen LogP contribution in [-0.4, -0.2) is 35.2 Å². The monoisotopic (exact) mass is 396 g/mol. The van der Waals surface area contributed by atoms with Crippen LogP contribution in [0.1, 0.15) is 29.2 Å². The van der Waals surface area contributed by atoms with Crippen molar-refractivity contribution in [3.05, 3.63) is 76.1 Å². The number of carbonyl (C=O) groups is 1. The predicted molar refractivity (Wildman–Crippen MR) is 100 cm³/mol. The lowest BCUT2D eigenvalue weighted by atomic mass is 10.0. The van der Waals surface area contributed by atoms with Gasteiger partial charge >= 0.3 is 6.03 Å². The van der Waals surface area contributed by atoms with Crippen molar-refractivity contribution >= 4 is 18.3 Å². The molecule has 2 aliphatic rings. The van der Waals surface area contributed by atoms with Crippen LogP contribution in [0.4, 0.5) is 18.0 Å². The summed E-state index contributed by atoms with van der Waals surface area (Å²) < 4.78 is 41.0. The fourth-order valence-corrected chi connectivity index (χ4v) is 3.40. The van der Waals surface area contributed by atoms with Gasteiger partial charge in [-0.15, -0.1) is 0 Å². The van der Waals surface area contributed by atoms with Crippen molar-refractivity contribution < 1.29 is 18.0 Å². The molecule has 0 aromatic heterocycles. The number of hydrogen-bond donors (Lipinski definition) is 0. The second kappa shape index (κ2) is 7.43. The lowest BCUT2D eigenvalue weighted by Gasteiger charge is -2.37. The molecule has 8 heteroatoms. The molecule has 2 amide bonds. The number of nitrogens with zero attached hydrogens (tertiary/aromatic N) is 4. The molecule has 1 saturated heterocycles. The van der Waals surface area contributed by atoms with E-state index in [1.54, 1.807) is 6.08 Å². The third kappa shape index (κ3) is 3.72. The normalized spacial score (nSPS) is 17.9. The molecule has 1 fully saturated rings. The van der Waals surface area contributed by atoms with Crippen LogP contribution in [0.15, 0.2) is 47.1 Å².